The molecular formula is C38H46N5O5P. The molecule has 258 valence electrons. The van der Waals surface area contributed by atoms with Gasteiger partial charge in [0.2, 0.25) is 0 Å². The fourth-order valence-electron chi connectivity index (χ4n) is 6.50. The Morgan fingerprint density at radius 3 is 1.98 bits per heavy atom. The predicted octanol–water partition coefficient (Wildman–Crippen LogP) is 6.38. The molecule has 5 rings (SSSR count). The summed E-state index contributed by atoms with van der Waals surface area (Å²) >= 11 is 0. The third kappa shape index (κ3) is 8.27. The Labute approximate surface area is 289 Å². The van der Waals surface area contributed by atoms with E-state index in [1.807, 2.05) is 54.6 Å². The number of hydrogen-bond acceptors (Lipinski definition) is 8. The van der Waals surface area contributed by atoms with Gasteiger partial charge in [-0.1, -0.05) is 91.0 Å². The Hall–Kier alpha value is -3.94. The molecule has 0 bridgehead atoms. The molecule has 0 aliphatic carbocycles. The van der Waals surface area contributed by atoms with Crippen molar-refractivity contribution in [2.75, 3.05) is 13.2 Å². The van der Waals surface area contributed by atoms with Crippen molar-refractivity contribution >= 4 is 8.53 Å². The minimum atomic E-state index is -1.60. The van der Waals surface area contributed by atoms with Crippen LogP contribution in [0.3, 0.4) is 0 Å². The van der Waals surface area contributed by atoms with E-state index in [1.165, 1.54) is 4.57 Å². The molecule has 11 heteroatoms. The fraction of sp³-hybridized carbons (Fsp3) is 0.395. The molecule has 0 amide bonds. The molecule has 0 radical (unpaired) electrons. The van der Waals surface area contributed by atoms with Crippen LogP contribution in [0, 0.1) is 18.3 Å². The van der Waals surface area contributed by atoms with E-state index in [-0.39, 0.29) is 25.1 Å². The number of aromatic nitrogens is 2. The number of aromatic amines is 1. The topological polar surface area (TPSA) is 122 Å². The third-order valence-electron chi connectivity index (χ3n) is 8.71. The van der Waals surface area contributed by atoms with E-state index in [0.717, 1.165) is 16.7 Å². The summed E-state index contributed by atoms with van der Waals surface area (Å²) in [4.78, 5) is 27.7. The van der Waals surface area contributed by atoms with Crippen molar-refractivity contribution < 1.29 is 13.8 Å². The number of ether oxygens (including phenoxy) is 1. The van der Waals surface area contributed by atoms with Crippen molar-refractivity contribution in [1.82, 2.24) is 19.5 Å². The Bertz CT molecular complexity index is 1690. The second-order valence-electron chi connectivity index (χ2n) is 12.8. The molecule has 4 aromatic rings. The van der Waals surface area contributed by atoms with Gasteiger partial charge in [-0.05, 0) is 51.3 Å². The quantitative estimate of drug-likeness (QED) is 0.0842. The van der Waals surface area contributed by atoms with Crippen molar-refractivity contribution in [3.05, 3.63) is 140 Å². The van der Waals surface area contributed by atoms with E-state index >= 15 is 0 Å². The lowest BCUT2D eigenvalue weighted by molar-refractivity contribution is -0.0197. The summed E-state index contributed by atoms with van der Waals surface area (Å²) < 4.78 is 23.5. The summed E-state index contributed by atoms with van der Waals surface area (Å²) in [5.74, 6) is 0. The van der Waals surface area contributed by atoms with Crippen LogP contribution in [0.25, 0.3) is 0 Å². The zero-order chi connectivity index (χ0) is 35.0. The predicted molar refractivity (Wildman–Crippen MR) is 192 cm³/mol. The number of nitriles is 1. The molecule has 49 heavy (non-hydrogen) atoms. The van der Waals surface area contributed by atoms with E-state index in [1.54, 1.807) is 13.1 Å². The molecule has 3 aromatic carbocycles. The lowest BCUT2D eigenvalue weighted by atomic mass is 9.77. The van der Waals surface area contributed by atoms with Crippen LogP contribution in [0.4, 0.5) is 0 Å². The van der Waals surface area contributed by atoms with Gasteiger partial charge in [0.1, 0.15) is 6.23 Å². The van der Waals surface area contributed by atoms with Gasteiger partial charge >= 0.3 is 5.69 Å². The lowest BCUT2D eigenvalue weighted by Gasteiger charge is -2.39. The summed E-state index contributed by atoms with van der Waals surface area (Å²) in [5.41, 5.74) is 1.85. The van der Waals surface area contributed by atoms with Crippen LogP contribution in [0.5, 0.6) is 0 Å². The normalized spacial score (nSPS) is 18.6. The van der Waals surface area contributed by atoms with E-state index in [0.29, 0.717) is 18.5 Å². The third-order valence-corrected chi connectivity index (χ3v) is 10.9. The Morgan fingerprint density at radius 1 is 0.959 bits per heavy atom. The molecule has 2 N–H and O–H groups in total. The summed E-state index contributed by atoms with van der Waals surface area (Å²) in [6.45, 7) is 10.6. The summed E-state index contributed by atoms with van der Waals surface area (Å²) in [6.07, 6.45) is 0.414. The lowest BCUT2D eigenvalue weighted by Crippen LogP contribution is -2.49. The zero-order valence-electron chi connectivity index (χ0n) is 28.8. The SMILES string of the molecule is Cc1cn([C@H]2C[C@H](OP(OCCC#N)N(C(C)C)C(C)C)[C@@H](CNC(c3ccccc3)(c3ccccc3)c3ccccc3)O2)c(=O)[nH]c1=O. The largest absolute Gasteiger partial charge is 0.350 e. The van der Waals surface area contributed by atoms with E-state index in [9.17, 15) is 14.9 Å². The summed E-state index contributed by atoms with van der Waals surface area (Å²) in [6, 6.07) is 33.3. The van der Waals surface area contributed by atoms with Crippen molar-refractivity contribution in [1.29, 1.82) is 5.26 Å². The highest BCUT2D eigenvalue weighted by atomic mass is 31.2. The maximum Gasteiger partial charge on any atom is 0.330 e. The molecule has 1 aromatic heterocycles. The molecular weight excluding hydrogens is 637 g/mol. The first-order valence-corrected chi connectivity index (χ1v) is 17.9. The molecule has 0 spiro atoms. The molecule has 4 atom stereocenters. The average molecular weight is 684 g/mol. The van der Waals surface area contributed by atoms with Crippen LogP contribution < -0.4 is 16.6 Å². The number of aryl methyl sites for hydroxylation is 1. The zero-order valence-corrected chi connectivity index (χ0v) is 29.7. The van der Waals surface area contributed by atoms with Crippen molar-refractivity contribution in [2.24, 2.45) is 0 Å². The first-order valence-electron chi connectivity index (χ1n) is 16.8. The number of benzene rings is 3. The van der Waals surface area contributed by atoms with Gasteiger partial charge in [-0.3, -0.25) is 19.7 Å². The van der Waals surface area contributed by atoms with Gasteiger partial charge in [0.25, 0.3) is 14.1 Å². The first-order chi connectivity index (χ1) is 23.6. The maximum atomic E-state index is 13.1. The van der Waals surface area contributed by atoms with Crippen molar-refractivity contribution in [3.8, 4) is 6.07 Å². The number of nitrogens with one attached hydrogen (secondary N) is 2. The number of hydrogen-bond donors (Lipinski definition) is 2. The van der Waals surface area contributed by atoms with E-state index < -0.39 is 43.7 Å². The molecule has 2 heterocycles. The smallest absolute Gasteiger partial charge is 0.330 e. The molecule has 1 saturated heterocycles. The maximum absolute atomic E-state index is 13.1. The van der Waals surface area contributed by atoms with Crippen LogP contribution in [-0.4, -0.2) is 51.7 Å². The number of nitrogens with zero attached hydrogens (tertiary/aromatic N) is 3. The fourth-order valence-corrected chi connectivity index (χ4v) is 8.26. The van der Waals surface area contributed by atoms with Crippen LogP contribution >= 0.6 is 8.53 Å². The highest BCUT2D eigenvalue weighted by Crippen LogP contribution is 2.50. The molecule has 1 aliphatic heterocycles. The summed E-state index contributed by atoms with van der Waals surface area (Å²) in [5, 5.41) is 13.2. The van der Waals surface area contributed by atoms with Crippen LogP contribution in [-0.2, 0) is 19.3 Å². The molecule has 1 fully saturated rings. The summed E-state index contributed by atoms with van der Waals surface area (Å²) in [7, 11) is -1.60. The van der Waals surface area contributed by atoms with Crippen molar-refractivity contribution in [2.45, 2.75) is 83.5 Å². The van der Waals surface area contributed by atoms with E-state index in [4.69, 9.17) is 13.8 Å². The van der Waals surface area contributed by atoms with Gasteiger partial charge in [-0.2, -0.15) is 5.26 Å². The molecule has 1 unspecified atom stereocenters. The standard InChI is InChI=1S/C38H46N5O5P/c1-27(2)43(28(3)4)49(46-23-15-22-39)48-33-24-35(42-26-29(5)36(44)41-37(42)45)47-34(33)25-40-38(30-16-9-6-10-17-30,31-18-11-7-12-19-31)32-20-13-8-14-21-32/h6-14,16-21,26-28,33-35,40H,15,23-25H2,1-5H3,(H,41,44,45)/t33-,34+,35+,49?/m0/s1. The second kappa shape index (κ2) is 16.6. The molecule has 0 saturated carbocycles. The molecule has 1 aliphatic rings. The van der Waals surface area contributed by atoms with Gasteiger partial charge in [0, 0.05) is 36.8 Å². The second-order valence-corrected chi connectivity index (χ2v) is 14.2. The Morgan fingerprint density at radius 2 is 1.49 bits per heavy atom. The Kier molecular flexibility index (Phi) is 12.3. The van der Waals surface area contributed by atoms with Gasteiger partial charge in [0.15, 0.2) is 0 Å². The van der Waals surface area contributed by atoms with Gasteiger partial charge in [0.05, 0.1) is 36.8 Å². The Balaban J connectivity index is 1.57. The highest BCUT2D eigenvalue weighted by Gasteiger charge is 2.44. The van der Waals surface area contributed by atoms with Gasteiger partial charge < -0.3 is 13.8 Å². The molecule has 10 nitrogen and oxygen atoms in total. The number of rotatable bonds is 15. The number of H-pyrrole nitrogens is 1. The average Bonchev–Trinajstić information content (AvgIpc) is 3.50. The van der Waals surface area contributed by atoms with E-state index in [2.05, 4.69) is 85.1 Å². The van der Waals surface area contributed by atoms with Crippen LogP contribution in [0.1, 0.15) is 69.0 Å². The van der Waals surface area contributed by atoms with Gasteiger partial charge in [-0.25, -0.2) is 9.46 Å². The van der Waals surface area contributed by atoms with Gasteiger partial charge in [-0.15, -0.1) is 0 Å². The first kappa shape index (κ1) is 36.3. The van der Waals surface area contributed by atoms with Crippen LogP contribution in [0.2, 0.25) is 0 Å². The van der Waals surface area contributed by atoms with Crippen molar-refractivity contribution in [3.63, 3.8) is 0 Å². The highest BCUT2D eigenvalue weighted by molar-refractivity contribution is 7.44. The van der Waals surface area contributed by atoms with Crippen LogP contribution in [0.15, 0.2) is 107 Å². The minimum absolute atomic E-state index is 0.106. The minimum Gasteiger partial charge on any atom is -0.350 e. The monoisotopic (exact) mass is 683 g/mol.